The van der Waals surface area contributed by atoms with E-state index in [0.717, 1.165) is 151 Å². The van der Waals surface area contributed by atoms with Crippen molar-refractivity contribution in [2.75, 3.05) is 115 Å². The van der Waals surface area contributed by atoms with Crippen LogP contribution in [-0.4, -0.2) is 213 Å². The van der Waals surface area contributed by atoms with Gasteiger partial charge in [-0.15, -0.1) is 0 Å². The molecule has 5 aromatic rings. The number of nitrogens with two attached hydrogens (primary N) is 1. The van der Waals surface area contributed by atoms with Gasteiger partial charge in [0, 0.05) is 122 Å². The zero-order chi connectivity index (χ0) is 90.5. The lowest BCUT2D eigenvalue weighted by atomic mass is 9.82. The van der Waals surface area contributed by atoms with E-state index >= 15 is 0 Å². The number of amides is 5. The predicted octanol–water partition coefficient (Wildman–Crippen LogP) is 19.6. The molecule has 5 amide bonds. The van der Waals surface area contributed by atoms with Crippen molar-refractivity contribution < 1.29 is 52.1 Å². The number of hydrogen-bond donors (Lipinski definition) is 5. The number of phenols is 1. The Morgan fingerprint density at radius 2 is 0.894 bits per heavy atom. The van der Waals surface area contributed by atoms with Crippen molar-refractivity contribution in [2.45, 2.75) is 286 Å². The van der Waals surface area contributed by atoms with E-state index in [4.69, 9.17) is 57.6 Å². The lowest BCUT2D eigenvalue weighted by Gasteiger charge is -2.26. The Morgan fingerprint density at radius 3 is 1.36 bits per heavy atom. The van der Waals surface area contributed by atoms with Crippen LogP contribution in [0.1, 0.15) is 263 Å². The average Bonchev–Trinajstić information content (AvgIpc) is 1.67. The number of carbonyl (C=O) groups is 5. The Hall–Kier alpha value is -7.49. The molecule has 3 aromatic carbocycles. The lowest BCUT2D eigenvalue weighted by molar-refractivity contribution is -0.132. The number of halogens is 1. The number of nitrogen functional groups attached to an aromatic ring is 1. The molecule has 5 aliphatic heterocycles. The van der Waals surface area contributed by atoms with E-state index in [1.807, 2.05) is 82.8 Å². The molecule has 0 spiro atoms. The highest BCUT2D eigenvalue weighted by atomic mass is 35.5. The first-order valence-corrected chi connectivity index (χ1v) is 46.9. The van der Waals surface area contributed by atoms with Crippen LogP contribution in [0, 0.1) is 23.2 Å². The number of phenolic OH excluding ortho intramolecular Hbond substituents is 1. The summed E-state index contributed by atoms with van der Waals surface area (Å²) in [7, 11) is 0. The van der Waals surface area contributed by atoms with Crippen molar-refractivity contribution in [3.05, 3.63) is 100 Å². The van der Waals surface area contributed by atoms with E-state index in [0.29, 0.717) is 72.5 Å². The number of nitrogens with one attached hydrogen (secondary N) is 3. The number of carbonyl (C=O) groups excluding carboxylic acids is 5. The average molecular weight is 1780 g/mol. The molecule has 7 heterocycles. The summed E-state index contributed by atoms with van der Waals surface area (Å²) in [6, 6.07) is 18.5. The molecule has 2 unspecified atom stereocenters. The SMILES string of the molecule is CC(C)(C)C1=CC2NC(=S)OC2C=C1.CC(C)(C)OC(=O)N1CCCN(C(=O)CC2CCCC2)CC1.CC(C)(C)OC(=O)N1CCCNCC1.CC(C)(C)c1ccc(O)c(N)c1.CC(C)(C)c1ccc2oc(Cl)nc2c1.CC(C)(C)c1ccc2oc(N3CCCN(C(=O)CC4CCCC4)CC3)nc2c1.O=C(CC1CCCC1)N1CCCNCC1.S=CC=S. The molecule has 2 atom stereocenters. The standard InChI is InChI=1S/C23H33N3O2.C17H30N2O3.C12H22N2O.C11H12ClNO.C11H15NOS.C10H20N2O2.C10H15NO.C2H2S2/c1-23(2,3)18-9-10-20-19(16-18)24-22(28-20)26-12-6-11-25(13-14-26)21(27)15-17-7-4-5-8-17;1-17(2,3)22-16(21)19-10-6-9-18(11-12-19)15(20)13-14-7-4-5-8-14;15-12(10-11-4-1-2-5-11)14-8-3-6-13-7-9-14;1-11(2,3)7-4-5-9-8(6-7)13-10(12)14-9;1-11(2,3)7-4-5-9-8(6-7)12-10(14)13-9;1-10(2,3)14-9(13)12-7-4-5-11-6-8-12;1-10(2,3)7-4-5-9(12)8(11)6-7;3-1-2-4/h9-10,16-17H,4-8,11-15H2,1-3H3;14H,4-13H2,1-3H3;11,13H,1-10H2;4-6H,1-3H3;4-6,8-9H,1-3H3,(H,12,14);11H,4-8H2,1-3H3;4-6,12H,11H2,1-3H3;1-2H. The van der Waals surface area contributed by atoms with E-state index in [9.17, 15) is 29.1 Å². The van der Waals surface area contributed by atoms with E-state index in [1.165, 1.54) is 104 Å². The quantitative estimate of drug-likeness (QED) is 0.0549. The van der Waals surface area contributed by atoms with Gasteiger partial charge >= 0.3 is 12.2 Å². The summed E-state index contributed by atoms with van der Waals surface area (Å²) in [4.78, 5) is 81.4. The van der Waals surface area contributed by atoms with Gasteiger partial charge < -0.3 is 79.2 Å². The van der Waals surface area contributed by atoms with Crippen LogP contribution in [0.5, 0.6) is 5.75 Å². The van der Waals surface area contributed by atoms with E-state index in [2.05, 4.69) is 174 Å². The Kier molecular flexibility index (Phi) is 40.4. The molecule has 8 fully saturated rings. The van der Waals surface area contributed by atoms with E-state index < -0.39 is 11.2 Å². The van der Waals surface area contributed by atoms with Crippen LogP contribution < -0.4 is 26.6 Å². The number of anilines is 2. The van der Waals surface area contributed by atoms with Crippen LogP contribution in [0.2, 0.25) is 5.35 Å². The molecule has 123 heavy (non-hydrogen) atoms. The van der Waals surface area contributed by atoms with Crippen LogP contribution in [-0.2, 0) is 44.8 Å². The second kappa shape index (κ2) is 48.4. The minimum atomic E-state index is -0.471. The fraction of sp³-hybridized carbons (Fsp3) is 0.667. The highest BCUT2D eigenvalue weighted by molar-refractivity contribution is 7.86. The van der Waals surface area contributed by atoms with Gasteiger partial charge in [0.2, 0.25) is 17.7 Å². The molecular weight excluding hydrogens is 1630 g/mol. The van der Waals surface area contributed by atoms with Gasteiger partial charge in [-0.3, -0.25) is 14.4 Å². The maximum atomic E-state index is 12.7. The zero-order valence-corrected chi connectivity index (χ0v) is 80.7. The number of aromatic nitrogens is 2. The first-order valence-electron chi connectivity index (χ1n) is 45.1. The van der Waals surface area contributed by atoms with Gasteiger partial charge in [0.1, 0.15) is 34.1 Å². The molecule has 4 aliphatic carbocycles. The Bertz CT molecular complexity index is 4240. The van der Waals surface area contributed by atoms with Crippen LogP contribution in [0.25, 0.3) is 22.2 Å². The maximum absolute atomic E-state index is 12.7. The van der Waals surface area contributed by atoms with Crippen molar-refractivity contribution in [3.8, 4) is 5.75 Å². The molecule has 0 bridgehead atoms. The number of ether oxygens (including phenoxy) is 3. The number of thiocarbonyl (C=S) groups is 3. The number of aromatic hydroxyl groups is 1. The first-order chi connectivity index (χ1) is 57.9. The Labute approximate surface area is 756 Å². The highest BCUT2D eigenvalue weighted by Gasteiger charge is 2.35. The third-order valence-corrected chi connectivity index (χ3v) is 23.9. The van der Waals surface area contributed by atoms with Gasteiger partial charge in [0.25, 0.3) is 16.5 Å². The molecule has 3 saturated carbocycles. The number of oxazole rings is 2. The number of fused-ring (bicyclic) bond motifs is 3. The molecule has 0 radical (unpaired) electrons. The van der Waals surface area contributed by atoms with Crippen LogP contribution >= 0.6 is 48.3 Å². The predicted molar refractivity (Wildman–Crippen MR) is 512 cm³/mol. The normalized spacial score (nSPS) is 19.4. The summed E-state index contributed by atoms with van der Waals surface area (Å²) in [5.41, 5.74) is 13.9. The summed E-state index contributed by atoms with van der Waals surface area (Å²) >= 11 is 19.2. The molecule has 2 aromatic heterocycles. The molecule has 14 rings (SSSR count). The second-order valence-corrected chi connectivity index (χ2v) is 41.2. The Balaban J connectivity index is 0.000000200. The summed E-state index contributed by atoms with van der Waals surface area (Å²) in [5, 5.41) is 22.4. The maximum Gasteiger partial charge on any atom is 0.410 e. The fourth-order valence-electron chi connectivity index (χ4n) is 15.9. The summed E-state index contributed by atoms with van der Waals surface area (Å²) < 4.78 is 27.4. The minimum Gasteiger partial charge on any atom is -0.506 e. The summed E-state index contributed by atoms with van der Waals surface area (Å²) in [6.07, 6.45) is 27.4. The third kappa shape index (κ3) is 36.1. The number of allylic oxidation sites excluding steroid dienone is 2. The second-order valence-electron chi connectivity index (χ2n) is 39.9. The zero-order valence-electron chi connectivity index (χ0n) is 77.5. The van der Waals surface area contributed by atoms with Gasteiger partial charge in [0.15, 0.2) is 11.2 Å². The van der Waals surface area contributed by atoms with Gasteiger partial charge in [-0.25, -0.2) is 9.59 Å². The van der Waals surface area contributed by atoms with Crippen molar-refractivity contribution in [1.82, 2.24) is 50.4 Å². The van der Waals surface area contributed by atoms with Gasteiger partial charge in [-0.1, -0.05) is 176 Å². The molecule has 6 N–H and O–H groups in total. The smallest absolute Gasteiger partial charge is 0.410 e. The highest BCUT2D eigenvalue weighted by Crippen LogP contribution is 2.36. The minimum absolute atomic E-state index is 0.0851. The molecule has 684 valence electrons. The van der Waals surface area contributed by atoms with Gasteiger partial charge in [-0.2, -0.15) is 9.97 Å². The van der Waals surface area contributed by atoms with Crippen molar-refractivity contribution in [3.63, 3.8) is 0 Å². The number of rotatable bonds is 8. The number of hydrogen-bond acceptors (Lipinski definition) is 20. The van der Waals surface area contributed by atoms with Crippen LogP contribution in [0.4, 0.5) is 21.3 Å². The summed E-state index contributed by atoms with van der Waals surface area (Å²) in [5.74, 6) is 3.03. The molecule has 23 nitrogen and oxygen atoms in total. The fourth-order valence-corrected chi connectivity index (χ4v) is 16.3. The van der Waals surface area contributed by atoms with Gasteiger partial charge in [0.05, 0.1) is 11.7 Å². The lowest BCUT2D eigenvalue weighted by Crippen LogP contribution is -2.40. The topological polar surface area (TPSA) is 267 Å². The Morgan fingerprint density at radius 1 is 0.496 bits per heavy atom. The molecule has 5 saturated heterocycles. The monoisotopic (exact) mass is 1780 g/mol. The van der Waals surface area contributed by atoms with E-state index in [1.54, 1.807) is 15.9 Å². The van der Waals surface area contributed by atoms with Crippen LogP contribution in [0.3, 0.4) is 0 Å². The van der Waals surface area contributed by atoms with Crippen molar-refractivity contribution in [2.24, 2.45) is 23.2 Å². The number of benzene rings is 3. The number of nitrogens with zero attached hydrogens (tertiary/aromatic N) is 8. The molecule has 9 aliphatic rings. The summed E-state index contributed by atoms with van der Waals surface area (Å²) in [6.45, 7) is 50.5. The third-order valence-electron chi connectivity index (χ3n) is 23.1. The van der Waals surface area contributed by atoms with Crippen molar-refractivity contribution >= 4 is 128 Å². The molecular formula is C96H149ClN12O11S3. The molecule has 27 heteroatoms. The van der Waals surface area contributed by atoms with E-state index in [-0.39, 0.29) is 63.0 Å². The van der Waals surface area contributed by atoms with Crippen molar-refractivity contribution in [1.29, 1.82) is 0 Å². The largest absolute Gasteiger partial charge is 0.506 e. The first kappa shape index (κ1) is 103. The van der Waals surface area contributed by atoms with Crippen LogP contribution in [0.15, 0.2) is 87.2 Å². The van der Waals surface area contributed by atoms with Gasteiger partial charge in [-0.05, 0) is 247 Å².